The smallest absolute Gasteiger partial charge is 0.407 e. The fraction of sp³-hybridized carbons (Fsp3) is 0.441. The van der Waals surface area contributed by atoms with E-state index in [0.717, 1.165) is 47.9 Å². The molecule has 0 radical (unpaired) electrons. The second-order valence-electron chi connectivity index (χ2n) is 13.6. The predicted molar refractivity (Wildman–Crippen MR) is 181 cm³/mol. The standard InChI is InChI=1S/C34H39ClN8O4/c1-34(2,3)47-33(45)36-20-15-21-9-10-22(16-20)43(21)32-37-30-27(31(44)41(32)5)29(24-13-14-26-25(28(24)35)18-40(4)38-26)42(39-30)17-19-7-11-23(46-6)12-8-19/h7-8,11-14,18,20-22H,9-10,15-17H2,1-6H3,(H,36,45)/t20?,21-,22?/m1/s1. The van der Waals surface area contributed by atoms with Crippen LogP contribution in [0.5, 0.6) is 5.75 Å². The second-order valence-corrected chi connectivity index (χ2v) is 14.0. The molecule has 3 atom stereocenters. The monoisotopic (exact) mass is 658 g/mol. The van der Waals surface area contributed by atoms with Crippen LogP contribution in [-0.4, -0.2) is 66.0 Å². The molecular formula is C34H39ClN8O4. The maximum atomic E-state index is 14.4. The first-order chi connectivity index (χ1) is 22.4. The molecule has 0 spiro atoms. The molecular weight excluding hydrogens is 620 g/mol. The van der Waals surface area contributed by atoms with Crippen molar-refractivity contribution >= 4 is 45.6 Å². The maximum absolute atomic E-state index is 14.4. The molecule has 47 heavy (non-hydrogen) atoms. The summed E-state index contributed by atoms with van der Waals surface area (Å²) in [6.07, 6.45) is 4.84. The number of methoxy groups -OCH3 is 1. The van der Waals surface area contributed by atoms with Crippen LogP contribution < -0.4 is 20.5 Å². The number of amides is 1. The van der Waals surface area contributed by atoms with Gasteiger partial charge in [-0.05, 0) is 76.3 Å². The Kier molecular flexibility index (Phi) is 7.65. The number of alkyl carbamates (subject to hydrolysis) is 1. The lowest BCUT2D eigenvalue weighted by atomic mass is 9.98. The molecule has 0 saturated carbocycles. The Morgan fingerprint density at radius 2 is 1.74 bits per heavy atom. The van der Waals surface area contributed by atoms with Crippen LogP contribution in [0.3, 0.4) is 0 Å². The highest BCUT2D eigenvalue weighted by Gasteiger charge is 2.43. The fourth-order valence-electron chi connectivity index (χ4n) is 7.13. The van der Waals surface area contributed by atoms with Crippen LogP contribution in [0.2, 0.25) is 5.02 Å². The number of rotatable bonds is 6. The second kappa shape index (κ2) is 11.6. The quantitative estimate of drug-likeness (QED) is 0.257. The number of anilines is 1. The first kappa shape index (κ1) is 31.0. The van der Waals surface area contributed by atoms with Gasteiger partial charge in [0.15, 0.2) is 5.65 Å². The summed E-state index contributed by atoms with van der Waals surface area (Å²) in [4.78, 5) is 34.2. The average Bonchev–Trinajstić information content (AvgIpc) is 3.65. The summed E-state index contributed by atoms with van der Waals surface area (Å²) < 4.78 is 16.0. The highest BCUT2D eigenvalue weighted by molar-refractivity contribution is 6.38. The lowest BCUT2D eigenvalue weighted by molar-refractivity contribution is 0.0492. The van der Waals surface area contributed by atoms with E-state index in [-0.39, 0.29) is 23.7 Å². The minimum absolute atomic E-state index is 0.0146. The molecule has 7 rings (SSSR count). The van der Waals surface area contributed by atoms with Crippen molar-refractivity contribution in [3.05, 3.63) is 63.5 Å². The molecule has 3 aromatic heterocycles. The van der Waals surface area contributed by atoms with Gasteiger partial charge in [0.2, 0.25) is 5.95 Å². The van der Waals surface area contributed by atoms with E-state index in [9.17, 15) is 9.59 Å². The van der Waals surface area contributed by atoms with Gasteiger partial charge in [-0.3, -0.25) is 18.7 Å². The molecule has 2 unspecified atom stereocenters. The third-order valence-corrected chi connectivity index (χ3v) is 9.54. The van der Waals surface area contributed by atoms with Gasteiger partial charge in [0.1, 0.15) is 16.7 Å². The largest absolute Gasteiger partial charge is 0.497 e. The van der Waals surface area contributed by atoms with Crippen LogP contribution in [0.15, 0.2) is 47.4 Å². The van der Waals surface area contributed by atoms with Gasteiger partial charge in [0, 0.05) is 49.4 Å². The van der Waals surface area contributed by atoms with E-state index in [4.69, 9.17) is 31.2 Å². The molecule has 246 valence electrons. The lowest BCUT2D eigenvalue weighted by Gasteiger charge is -2.40. The topological polar surface area (TPSA) is 121 Å². The summed E-state index contributed by atoms with van der Waals surface area (Å²) in [7, 11) is 5.25. The zero-order valence-corrected chi connectivity index (χ0v) is 28.2. The zero-order valence-electron chi connectivity index (χ0n) is 27.5. The van der Waals surface area contributed by atoms with Gasteiger partial charge in [-0.2, -0.15) is 15.2 Å². The SMILES string of the molecule is COc1ccc(Cn2nc3nc(N4C5CC[C@@H]4CC(NC(=O)OC(C)(C)C)C5)n(C)c(=O)c3c2-c2ccc3nn(C)cc3c2Cl)cc1. The Bertz CT molecular complexity index is 2050. The molecule has 2 saturated heterocycles. The molecule has 2 aliphatic rings. The summed E-state index contributed by atoms with van der Waals surface area (Å²) in [6, 6.07) is 11.8. The number of carbonyl (C=O) groups is 1. The summed E-state index contributed by atoms with van der Waals surface area (Å²) >= 11 is 7.05. The van der Waals surface area contributed by atoms with Crippen molar-refractivity contribution in [2.45, 2.75) is 76.7 Å². The van der Waals surface area contributed by atoms with Crippen molar-refractivity contribution in [3.8, 4) is 17.0 Å². The summed E-state index contributed by atoms with van der Waals surface area (Å²) in [5.41, 5.74) is 2.64. The number of carbonyl (C=O) groups excluding carboxylic acids is 1. The van der Waals surface area contributed by atoms with Crippen molar-refractivity contribution in [1.82, 2.24) is 34.4 Å². The van der Waals surface area contributed by atoms with Crippen LogP contribution in [0.25, 0.3) is 33.2 Å². The number of halogens is 1. The van der Waals surface area contributed by atoms with E-state index in [1.54, 1.807) is 23.4 Å². The Morgan fingerprint density at radius 3 is 2.40 bits per heavy atom. The summed E-state index contributed by atoms with van der Waals surface area (Å²) in [5, 5.41) is 14.2. The third-order valence-electron chi connectivity index (χ3n) is 9.13. The van der Waals surface area contributed by atoms with Crippen molar-refractivity contribution < 1.29 is 14.3 Å². The molecule has 12 nitrogen and oxygen atoms in total. The molecule has 2 fully saturated rings. The Balaban J connectivity index is 1.30. The molecule has 2 aliphatic heterocycles. The normalized spacial score (nSPS) is 19.5. The van der Waals surface area contributed by atoms with E-state index in [2.05, 4.69) is 15.3 Å². The molecule has 2 aromatic carbocycles. The molecule has 2 bridgehead atoms. The minimum atomic E-state index is -0.565. The van der Waals surface area contributed by atoms with Crippen LogP contribution >= 0.6 is 11.6 Å². The lowest BCUT2D eigenvalue weighted by Crippen LogP contribution is -2.52. The van der Waals surface area contributed by atoms with Crippen molar-refractivity contribution in [2.24, 2.45) is 14.1 Å². The van der Waals surface area contributed by atoms with Gasteiger partial charge in [0.05, 0.1) is 29.9 Å². The number of hydrogen-bond acceptors (Lipinski definition) is 8. The van der Waals surface area contributed by atoms with Gasteiger partial charge in [-0.15, -0.1) is 0 Å². The molecule has 5 aromatic rings. The number of benzene rings is 2. The van der Waals surface area contributed by atoms with E-state index in [1.165, 1.54) is 0 Å². The molecule has 13 heteroatoms. The number of hydrogen-bond donors (Lipinski definition) is 1. The number of piperidine rings is 1. The predicted octanol–water partition coefficient (Wildman–Crippen LogP) is 5.42. The number of aromatic nitrogens is 6. The highest BCUT2D eigenvalue weighted by Crippen LogP contribution is 2.40. The van der Waals surface area contributed by atoms with Crippen molar-refractivity contribution in [2.75, 3.05) is 12.0 Å². The molecule has 0 aliphatic carbocycles. The van der Waals surface area contributed by atoms with Crippen LogP contribution in [0, 0.1) is 0 Å². The minimum Gasteiger partial charge on any atom is -0.497 e. The van der Waals surface area contributed by atoms with Crippen LogP contribution in [0.1, 0.15) is 52.0 Å². The van der Waals surface area contributed by atoms with E-state index >= 15 is 0 Å². The van der Waals surface area contributed by atoms with Gasteiger partial charge in [-0.1, -0.05) is 23.7 Å². The first-order valence-electron chi connectivity index (χ1n) is 15.9. The van der Waals surface area contributed by atoms with Gasteiger partial charge < -0.3 is 19.7 Å². The van der Waals surface area contributed by atoms with Gasteiger partial charge in [0.25, 0.3) is 5.56 Å². The van der Waals surface area contributed by atoms with E-state index in [1.807, 2.05) is 75.1 Å². The van der Waals surface area contributed by atoms with Gasteiger partial charge >= 0.3 is 6.09 Å². The van der Waals surface area contributed by atoms with E-state index in [0.29, 0.717) is 39.8 Å². The number of ether oxygens (including phenoxy) is 2. The molecule has 1 amide bonds. The van der Waals surface area contributed by atoms with Crippen molar-refractivity contribution in [1.29, 1.82) is 0 Å². The zero-order chi connectivity index (χ0) is 33.2. The number of fused-ring (bicyclic) bond motifs is 4. The Morgan fingerprint density at radius 1 is 1.04 bits per heavy atom. The third kappa shape index (κ3) is 5.68. The number of aryl methyl sites for hydroxylation is 1. The molecule has 1 N–H and O–H groups in total. The molecule has 5 heterocycles. The Hall–Kier alpha value is -4.58. The first-order valence-corrected chi connectivity index (χ1v) is 16.3. The Labute approximate surface area is 277 Å². The van der Waals surface area contributed by atoms with Gasteiger partial charge in [-0.25, -0.2) is 4.79 Å². The summed E-state index contributed by atoms with van der Waals surface area (Å²) in [5.74, 6) is 1.34. The highest BCUT2D eigenvalue weighted by atomic mass is 35.5. The van der Waals surface area contributed by atoms with Crippen LogP contribution in [-0.2, 0) is 25.4 Å². The number of nitrogens with zero attached hydrogens (tertiary/aromatic N) is 7. The summed E-state index contributed by atoms with van der Waals surface area (Å²) in [6.45, 7) is 5.96. The van der Waals surface area contributed by atoms with E-state index < -0.39 is 11.7 Å². The average molecular weight is 659 g/mol. The maximum Gasteiger partial charge on any atom is 0.407 e. The van der Waals surface area contributed by atoms with Crippen molar-refractivity contribution in [3.63, 3.8) is 0 Å². The number of nitrogens with one attached hydrogen (secondary N) is 1. The van der Waals surface area contributed by atoms with Crippen LogP contribution in [0.4, 0.5) is 10.7 Å². The fourth-order valence-corrected chi connectivity index (χ4v) is 7.43.